The summed E-state index contributed by atoms with van der Waals surface area (Å²) in [6, 6.07) is 13.3. The van der Waals surface area contributed by atoms with Gasteiger partial charge in [0.2, 0.25) is 0 Å². The molecule has 18 heavy (non-hydrogen) atoms. The number of rotatable bonds is 0. The first-order valence-electron chi connectivity index (χ1n) is 6.17. The van der Waals surface area contributed by atoms with E-state index in [2.05, 4.69) is 73.1 Å². The highest BCUT2D eigenvalue weighted by Gasteiger charge is 2.08. The molecular formula is C17H15Br. The maximum absolute atomic E-state index is 3.57. The molecule has 0 saturated carbocycles. The van der Waals surface area contributed by atoms with Crippen molar-refractivity contribution in [1.29, 1.82) is 0 Å². The lowest BCUT2D eigenvalue weighted by atomic mass is 9.92. The molecule has 0 fully saturated rings. The predicted molar refractivity (Wildman–Crippen MR) is 83.4 cm³/mol. The van der Waals surface area contributed by atoms with E-state index in [1.165, 1.54) is 38.2 Å². The van der Waals surface area contributed by atoms with Gasteiger partial charge in [-0.15, -0.1) is 0 Å². The summed E-state index contributed by atoms with van der Waals surface area (Å²) in [4.78, 5) is 0. The maximum atomic E-state index is 3.57. The van der Waals surface area contributed by atoms with Crippen LogP contribution < -0.4 is 0 Å². The Hall–Kier alpha value is -1.34. The molecule has 3 aromatic rings. The Morgan fingerprint density at radius 2 is 1.22 bits per heavy atom. The molecule has 0 atom stereocenters. The minimum Gasteiger partial charge on any atom is -0.0587 e. The zero-order valence-electron chi connectivity index (χ0n) is 10.8. The topological polar surface area (TPSA) is 0 Å². The van der Waals surface area contributed by atoms with Crippen LogP contribution in [0.25, 0.3) is 21.5 Å². The zero-order chi connectivity index (χ0) is 12.9. The van der Waals surface area contributed by atoms with Crippen LogP contribution in [-0.4, -0.2) is 0 Å². The molecule has 90 valence electrons. The first kappa shape index (κ1) is 11.7. The van der Waals surface area contributed by atoms with Crippen molar-refractivity contribution in [2.75, 3.05) is 0 Å². The van der Waals surface area contributed by atoms with Gasteiger partial charge in [-0.3, -0.25) is 0 Å². The van der Waals surface area contributed by atoms with E-state index in [9.17, 15) is 0 Å². The van der Waals surface area contributed by atoms with Crippen molar-refractivity contribution in [3.63, 3.8) is 0 Å². The highest BCUT2D eigenvalue weighted by molar-refractivity contribution is 9.10. The first-order valence-corrected chi connectivity index (χ1v) is 6.96. The third-order valence-corrected chi connectivity index (χ3v) is 4.31. The molecule has 0 aliphatic heterocycles. The van der Waals surface area contributed by atoms with E-state index in [4.69, 9.17) is 0 Å². The lowest BCUT2D eigenvalue weighted by Crippen LogP contribution is -1.89. The van der Waals surface area contributed by atoms with Gasteiger partial charge in [-0.05, 0) is 65.6 Å². The molecule has 0 radical (unpaired) electrons. The van der Waals surface area contributed by atoms with Crippen molar-refractivity contribution in [1.82, 2.24) is 0 Å². The number of aryl methyl sites for hydroxylation is 3. The molecule has 0 aliphatic rings. The van der Waals surface area contributed by atoms with Gasteiger partial charge in [0.15, 0.2) is 0 Å². The number of benzene rings is 3. The number of halogens is 1. The molecule has 0 amide bonds. The lowest BCUT2D eigenvalue weighted by Gasteiger charge is -2.13. The van der Waals surface area contributed by atoms with Crippen LogP contribution in [0.1, 0.15) is 16.7 Å². The van der Waals surface area contributed by atoms with Crippen LogP contribution in [0.2, 0.25) is 0 Å². The van der Waals surface area contributed by atoms with E-state index < -0.39 is 0 Å². The van der Waals surface area contributed by atoms with Crippen LogP contribution in [0.5, 0.6) is 0 Å². The summed E-state index contributed by atoms with van der Waals surface area (Å²) >= 11 is 3.57. The fourth-order valence-electron chi connectivity index (χ4n) is 2.67. The molecule has 1 heteroatoms. The molecule has 0 unspecified atom stereocenters. The molecule has 3 aromatic carbocycles. The van der Waals surface area contributed by atoms with E-state index in [1.54, 1.807) is 0 Å². The van der Waals surface area contributed by atoms with Gasteiger partial charge >= 0.3 is 0 Å². The Bertz CT molecular complexity index is 703. The SMILES string of the molecule is Cc1ccc2c(c1)c(C)c(C)c1cc(Br)ccc12. The smallest absolute Gasteiger partial charge is 0.0181 e. The molecule has 0 aromatic heterocycles. The Kier molecular flexibility index (Phi) is 2.67. The highest BCUT2D eigenvalue weighted by Crippen LogP contribution is 2.34. The fourth-order valence-corrected chi connectivity index (χ4v) is 3.03. The van der Waals surface area contributed by atoms with Crippen LogP contribution in [0.4, 0.5) is 0 Å². The molecule has 0 N–H and O–H groups in total. The summed E-state index contributed by atoms with van der Waals surface area (Å²) in [5, 5.41) is 5.42. The second kappa shape index (κ2) is 4.10. The van der Waals surface area contributed by atoms with E-state index >= 15 is 0 Å². The maximum Gasteiger partial charge on any atom is 0.0181 e. The quantitative estimate of drug-likeness (QED) is 0.468. The van der Waals surface area contributed by atoms with Crippen LogP contribution in [0.3, 0.4) is 0 Å². The summed E-state index contributed by atoms with van der Waals surface area (Å²) in [6.45, 7) is 6.59. The van der Waals surface area contributed by atoms with Crippen molar-refractivity contribution in [2.45, 2.75) is 20.8 Å². The minimum absolute atomic E-state index is 1.14. The second-order valence-electron chi connectivity index (χ2n) is 4.99. The van der Waals surface area contributed by atoms with E-state index in [0.29, 0.717) is 0 Å². The third kappa shape index (κ3) is 1.65. The van der Waals surface area contributed by atoms with E-state index in [1.807, 2.05) is 0 Å². The largest absolute Gasteiger partial charge is 0.0587 e. The molecular weight excluding hydrogens is 284 g/mol. The van der Waals surface area contributed by atoms with Gasteiger partial charge < -0.3 is 0 Å². The van der Waals surface area contributed by atoms with Gasteiger partial charge in [-0.2, -0.15) is 0 Å². The van der Waals surface area contributed by atoms with Gasteiger partial charge in [0.25, 0.3) is 0 Å². The van der Waals surface area contributed by atoms with Gasteiger partial charge in [-0.25, -0.2) is 0 Å². The monoisotopic (exact) mass is 298 g/mol. The molecule has 0 saturated heterocycles. The Balaban J connectivity index is 2.62. The molecule has 0 aliphatic carbocycles. The van der Waals surface area contributed by atoms with Gasteiger partial charge in [0.05, 0.1) is 0 Å². The predicted octanol–water partition coefficient (Wildman–Crippen LogP) is 5.68. The molecule has 3 rings (SSSR count). The molecule has 0 heterocycles. The van der Waals surface area contributed by atoms with E-state index in [-0.39, 0.29) is 0 Å². The summed E-state index contributed by atoms with van der Waals surface area (Å²) < 4.78 is 1.14. The Morgan fingerprint density at radius 1 is 0.667 bits per heavy atom. The van der Waals surface area contributed by atoms with Crippen molar-refractivity contribution in [2.24, 2.45) is 0 Å². The van der Waals surface area contributed by atoms with Gasteiger partial charge in [0.1, 0.15) is 0 Å². The summed E-state index contributed by atoms with van der Waals surface area (Å²) in [5.74, 6) is 0. The number of hydrogen-bond acceptors (Lipinski definition) is 0. The summed E-state index contributed by atoms with van der Waals surface area (Å²) in [5.41, 5.74) is 4.09. The summed E-state index contributed by atoms with van der Waals surface area (Å²) in [7, 11) is 0. The van der Waals surface area contributed by atoms with Gasteiger partial charge in [-0.1, -0.05) is 45.8 Å². The Labute approximate surface area is 116 Å². The van der Waals surface area contributed by atoms with Crippen molar-refractivity contribution >= 4 is 37.5 Å². The van der Waals surface area contributed by atoms with Crippen LogP contribution >= 0.6 is 15.9 Å². The van der Waals surface area contributed by atoms with Gasteiger partial charge in [0, 0.05) is 4.47 Å². The average molecular weight is 299 g/mol. The molecule has 0 nitrogen and oxygen atoms in total. The normalized spacial score (nSPS) is 11.3. The van der Waals surface area contributed by atoms with Crippen molar-refractivity contribution in [3.8, 4) is 0 Å². The Morgan fingerprint density at radius 3 is 1.89 bits per heavy atom. The highest BCUT2D eigenvalue weighted by atomic mass is 79.9. The van der Waals surface area contributed by atoms with Crippen molar-refractivity contribution in [3.05, 3.63) is 57.6 Å². The standard InChI is InChI=1S/C17H15Br/c1-10-4-6-14-15-7-5-13(18)9-17(15)12(3)11(2)16(14)8-10/h4-9H,1-3H3. The summed E-state index contributed by atoms with van der Waals surface area (Å²) in [6.07, 6.45) is 0. The third-order valence-electron chi connectivity index (χ3n) is 3.82. The van der Waals surface area contributed by atoms with E-state index in [0.717, 1.165) is 4.47 Å². The first-order chi connectivity index (χ1) is 8.58. The lowest BCUT2D eigenvalue weighted by molar-refractivity contribution is 1.40. The zero-order valence-corrected chi connectivity index (χ0v) is 12.4. The van der Waals surface area contributed by atoms with Crippen molar-refractivity contribution < 1.29 is 0 Å². The minimum atomic E-state index is 1.14. The van der Waals surface area contributed by atoms with Crippen LogP contribution in [-0.2, 0) is 0 Å². The van der Waals surface area contributed by atoms with Crippen LogP contribution in [0, 0.1) is 20.8 Å². The average Bonchev–Trinajstić information content (AvgIpc) is 2.36. The molecule has 0 spiro atoms. The second-order valence-corrected chi connectivity index (χ2v) is 5.90. The fraction of sp³-hybridized carbons (Fsp3) is 0.176. The number of fused-ring (bicyclic) bond motifs is 3. The molecule has 0 bridgehead atoms. The number of hydrogen-bond donors (Lipinski definition) is 0. The van der Waals surface area contributed by atoms with Crippen LogP contribution in [0.15, 0.2) is 40.9 Å².